The van der Waals surface area contributed by atoms with E-state index in [2.05, 4.69) is 0 Å². The van der Waals surface area contributed by atoms with E-state index >= 15 is 0 Å². The van der Waals surface area contributed by atoms with Crippen molar-refractivity contribution >= 4 is 27.0 Å². The quantitative estimate of drug-likeness (QED) is 0.368. The van der Waals surface area contributed by atoms with Crippen LogP contribution in [0, 0.1) is 0 Å². The van der Waals surface area contributed by atoms with Crippen LogP contribution in [0.5, 0.6) is 0 Å². The van der Waals surface area contributed by atoms with Crippen LogP contribution in [-0.4, -0.2) is 27.0 Å². The maximum Gasteiger partial charge on any atom is 0.0712 e. The van der Waals surface area contributed by atoms with Gasteiger partial charge in [-0.1, -0.05) is 0 Å². The highest BCUT2D eigenvalue weighted by atomic mass is 29.5. The smallest absolute Gasteiger partial charge is 0.0712 e. The van der Waals surface area contributed by atoms with Gasteiger partial charge in [-0.2, -0.15) is 0 Å². The largest absolute Gasteiger partial charge is 0.358 e. The zero-order valence-corrected chi connectivity index (χ0v) is 7.52. The van der Waals surface area contributed by atoms with Crippen LogP contribution in [0.15, 0.2) is 0 Å². The molecule has 32 valence electrons. The molecule has 0 aromatic carbocycles. The molecule has 0 aliphatic carbocycles. The van der Waals surface area contributed by atoms with E-state index in [1.807, 2.05) is 0 Å². The van der Waals surface area contributed by atoms with Gasteiger partial charge in [0.05, 0.1) is 18.4 Å². The summed E-state index contributed by atoms with van der Waals surface area (Å²) in [6, 6.07) is 0. The van der Waals surface area contributed by atoms with Crippen LogP contribution < -0.4 is 10.8 Å². The first-order chi connectivity index (χ1) is 2.41. The molecule has 0 aromatic heterocycles. The molecule has 0 atom stereocenters. The van der Waals surface area contributed by atoms with Crippen LogP contribution in [0.1, 0.15) is 0 Å². The van der Waals surface area contributed by atoms with Gasteiger partial charge in [0, 0.05) is 8.55 Å². The van der Waals surface area contributed by atoms with Gasteiger partial charge in [0.1, 0.15) is 0 Å². The van der Waals surface area contributed by atoms with E-state index in [-0.39, 0.29) is 27.0 Å². The summed E-state index contributed by atoms with van der Waals surface area (Å²) in [5, 5.41) is 10.6. The highest BCUT2D eigenvalue weighted by Gasteiger charge is 1.73. The van der Waals surface area contributed by atoms with Crippen molar-refractivity contribution in [1.29, 1.82) is 0 Å². The fourth-order valence-corrected chi connectivity index (χ4v) is 3.18. The predicted octanol–water partition coefficient (Wildman–Crippen LogP) is -3.93. The second-order valence-electron chi connectivity index (χ2n) is 0.931. The Morgan fingerprint density at radius 3 is 1.40 bits per heavy atom. The lowest BCUT2D eigenvalue weighted by Crippen LogP contribution is -2.26. The molecule has 5 heteroatoms. The minimum atomic E-state index is -0.0104. The fourth-order valence-electron chi connectivity index (χ4n) is 0.118. The molecule has 0 unspecified atom stereocenters. The van der Waals surface area contributed by atoms with E-state index < -0.39 is 0 Å². The Morgan fingerprint density at radius 2 is 1.40 bits per heavy atom. The van der Waals surface area contributed by atoms with Crippen LogP contribution in [-0.2, 0) is 0 Å². The maximum absolute atomic E-state index is 5.29. The van der Waals surface area contributed by atoms with Crippen molar-refractivity contribution in [2.45, 2.75) is 0 Å². The van der Waals surface area contributed by atoms with Gasteiger partial charge in [-0.15, -0.1) is 0 Å². The molecule has 0 bridgehead atoms. The summed E-state index contributed by atoms with van der Waals surface area (Å²) in [7, 11) is 0.245. The molecule has 0 saturated carbocycles. The Hall–Kier alpha value is 0.571. The molecule has 0 radical (unpaired) electrons. The van der Waals surface area contributed by atoms with Crippen LogP contribution >= 0.6 is 0 Å². The summed E-state index contributed by atoms with van der Waals surface area (Å²) < 4.78 is 0. The monoisotopic (exact) mass is 122 g/mol. The number of rotatable bonds is 2. The molecule has 0 fully saturated rings. The van der Waals surface area contributed by atoms with Gasteiger partial charge in [-0.05, 0) is 0 Å². The van der Waals surface area contributed by atoms with E-state index in [0.29, 0.717) is 0 Å². The zero-order valence-electron chi connectivity index (χ0n) is 3.28. The Balaban J connectivity index is 2.19. The third kappa shape index (κ3) is 4.57. The van der Waals surface area contributed by atoms with Gasteiger partial charge >= 0.3 is 0 Å². The summed E-state index contributed by atoms with van der Waals surface area (Å²) in [5.41, 5.74) is 0. The molecular weight excluding hydrogens is 112 g/mol. The van der Waals surface area contributed by atoms with Gasteiger partial charge < -0.3 is 10.8 Å². The van der Waals surface area contributed by atoms with Crippen molar-refractivity contribution in [3.05, 3.63) is 0 Å². The lowest BCUT2D eigenvalue weighted by atomic mass is 13.9. The van der Waals surface area contributed by atoms with E-state index in [9.17, 15) is 0 Å². The molecule has 4 N–H and O–H groups in total. The molecule has 0 aromatic rings. The van der Waals surface area contributed by atoms with Crippen molar-refractivity contribution < 1.29 is 0 Å². The SMILES string of the molecule is N[SiH2][SiH2][SiH2]N. The van der Waals surface area contributed by atoms with Gasteiger partial charge in [-0.3, -0.25) is 0 Å². The van der Waals surface area contributed by atoms with E-state index in [1.165, 1.54) is 0 Å². The van der Waals surface area contributed by atoms with Crippen molar-refractivity contribution in [3.63, 3.8) is 0 Å². The third-order valence-electron chi connectivity index (χ3n) is 0.408. The van der Waals surface area contributed by atoms with Crippen molar-refractivity contribution in [3.8, 4) is 0 Å². The predicted molar refractivity (Wildman–Crippen MR) is 34.0 cm³/mol. The average Bonchev–Trinajstić information content (AvgIpc) is 1.41. The first-order valence-electron chi connectivity index (χ1n) is 1.82. The summed E-state index contributed by atoms with van der Waals surface area (Å²) in [6.45, 7) is 0. The normalized spacial score (nSPS) is 15.6. The minimum absolute atomic E-state index is 0.0104. The fraction of sp³-hybridized carbons (Fsp3) is 0. The Morgan fingerprint density at radius 1 is 1.00 bits per heavy atom. The highest BCUT2D eigenvalue weighted by molar-refractivity contribution is 7.27. The average molecular weight is 122 g/mol. The standard InChI is InChI=1S/H10N2Si3/c1-3-5-4-2/h1-5H2. The topological polar surface area (TPSA) is 52.0 Å². The molecule has 0 aliphatic rings. The van der Waals surface area contributed by atoms with E-state index in [0.717, 1.165) is 0 Å². The van der Waals surface area contributed by atoms with Gasteiger partial charge in [0.2, 0.25) is 0 Å². The second kappa shape index (κ2) is 4.57. The number of hydrogen-bond acceptors (Lipinski definition) is 2. The van der Waals surface area contributed by atoms with Gasteiger partial charge in [0.25, 0.3) is 0 Å². The summed E-state index contributed by atoms with van der Waals surface area (Å²) in [6.07, 6.45) is 0. The van der Waals surface area contributed by atoms with Gasteiger partial charge in [-0.25, -0.2) is 0 Å². The third-order valence-corrected chi connectivity index (χ3v) is 11.0. The molecular formula is H10N2Si3. The van der Waals surface area contributed by atoms with Crippen LogP contribution in [0.2, 0.25) is 0 Å². The van der Waals surface area contributed by atoms with Crippen molar-refractivity contribution in [1.82, 2.24) is 0 Å². The Kier molecular flexibility index (Phi) is 5.09. The molecule has 0 aliphatic heterocycles. The van der Waals surface area contributed by atoms with Crippen molar-refractivity contribution in [2.75, 3.05) is 0 Å². The van der Waals surface area contributed by atoms with Gasteiger partial charge in [0.15, 0.2) is 0 Å². The number of nitrogens with two attached hydrogens (primary N) is 2. The second-order valence-corrected chi connectivity index (χ2v) is 14.7. The van der Waals surface area contributed by atoms with E-state index in [4.69, 9.17) is 10.8 Å². The summed E-state index contributed by atoms with van der Waals surface area (Å²) >= 11 is 0. The zero-order chi connectivity index (χ0) is 4.12. The highest BCUT2D eigenvalue weighted by Crippen LogP contribution is 1.27. The molecule has 0 rings (SSSR count). The molecule has 0 spiro atoms. The summed E-state index contributed by atoms with van der Waals surface area (Å²) in [5.74, 6) is 0. The Bertz CT molecular complexity index is 12.4. The maximum atomic E-state index is 5.29. The molecule has 0 heterocycles. The summed E-state index contributed by atoms with van der Waals surface area (Å²) in [4.78, 5) is 0. The van der Waals surface area contributed by atoms with E-state index in [1.54, 1.807) is 0 Å². The molecule has 2 nitrogen and oxygen atoms in total. The van der Waals surface area contributed by atoms with Crippen LogP contribution in [0.4, 0.5) is 0 Å². The molecule has 0 amide bonds. The molecule has 5 heavy (non-hydrogen) atoms. The first-order valence-corrected chi connectivity index (χ1v) is 11.4. The lowest BCUT2D eigenvalue weighted by molar-refractivity contribution is 1.96. The van der Waals surface area contributed by atoms with Crippen LogP contribution in [0.3, 0.4) is 0 Å². The minimum Gasteiger partial charge on any atom is -0.358 e. The Labute approximate surface area is 38.5 Å². The lowest BCUT2D eigenvalue weighted by Gasteiger charge is -1.76. The van der Waals surface area contributed by atoms with Crippen LogP contribution in [0.25, 0.3) is 0 Å². The first kappa shape index (κ1) is 5.57. The van der Waals surface area contributed by atoms with Crippen molar-refractivity contribution in [2.24, 2.45) is 10.8 Å². The molecule has 0 saturated heterocycles. The number of hydrogen-bond donors (Lipinski definition) is 2.